The molecule has 0 aromatic heterocycles. The van der Waals surface area contributed by atoms with Crippen LogP contribution in [-0.2, 0) is 14.0 Å². The van der Waals surface area contributed by atoms with Crippen molar-refractivity contribution in [3.63, 3.8) is 0 Å². The fraction of sp³-hybridized carbons (Fsp3) is 0.435. The van der Waals surface area contributed by atoms with E-state index >= 15 is 0 Å². The summed E-state index contributed by atoms with van der Waals surface area (Å²) in [6.45, 7) is 6.01. The monoisotopic (exact) mass is 446 g/mol. The van der Waals surface area contributed by atoms with Gasteiger partial charge in [0.1, 0.15) is 18.3 Å². The fourth-order valence-electron chi connectivity index (χ4n) is 4.15. The summed E-state index contributed by atoms with van der Waals surface area (Å²) >= 11 is 0. The molecule has 2 aromatic carbocycles. The average Bonchev–Trinajstić information content (AvgIpc) is 3.01. The van der Waals surface area contributed by atoms with Crippen LogP contribution in [0.5, 0.6) is 0 Å². The SMILES string of the molecule is CC(C)(C)[Si](OC[C@@H](O)[C@@H](O)[C@@H]1OC(=O)[C@H](O)[C@@H]1O)(c1ccccc1)c1ccccc1. The Kier molecular flexibility index (Phi) is 7.00. The zero-order valence-electron chi connectivity index (χ0n) is 17.9. The molecule has 2 aromatic rings. The standard InChI is InChI=1S/C23H30O7Si/c1-23(2,3)31(15-10-6-4-7-11-15,16-12-8-5-9-13-16)29-14-17(24)18(25)21-19(26)20(27)22(28)30-21/h4-13,17-21,24-27H,14H2,1-3H3/t17-,18-,19+,20-,21+/m1/s1. The molecule has 1 aliphatic rings. The fourth-order valence-corrected chi connectivity index (χ4v) is 8.73. The van der Waals surface area contributed by atoms with Crippen molar-refractivity contribution >= 4 is 24.7 Å². The van der Waals surface area contributed by atoms with Crippen LogP contribution in [0.3, 0.4) is 0 Å². The van der Waals surface area contributed by atoms with Gasteiger partial charge in [-0.2, -0.15) is 0 Å². The highest BCUT2D eigenvalue weighted by molar-refractivity contribution is 6.99. The van der Waals surface area contributed by atoms with E-state index in [0.29, 0.717) is 0 Å². The van der Waals surface area contributed by atoms with Crippen molar-refractivity contribution in [3.05, 3.63) is 60.7 Å². The quantitative estimate of drug-likeness (QED) is 0.348. The largest absolute Gasteiger partial charge is 0.455 e. The van der Waals surface area contributed by atoms with Gasteiger partial charge in [-0.25, -0.2) is 4.79 Å². The van der Waals surface area contributed by atoms with Gasteiger partial charge in [0.25, 0.3) is 8.32 Å². The average molecular weight is 447 g/mol. The highest BCUT2D eigenvalue weighted by atomic mass is 28.4. The molecule has 0 unspecified atom stereocenters. The van der Waals surface area contributed by atoms with Gasteiger partial charge < -0.3 is 29.6 Å². The topological polar surface area (TPSA) is 116 Å². The summed E-state index contributed by atoms with van der Waals surface area (Å²) in [5.41, 5.74) is 0. The summed E-state index contributed by atoms with van der Waals surface area (Å²) in [7, 11) is -2.93. The van der Waals surface area contributed by atoms with Gasteiger partial charge in [-0.3, -0.25) is 0 Å². The number of benzene rings is 2. The van der Waals surface area contributed by atoms with E-state index in [1.165, 1.54) is 0 Å². The summed E-state index contributed by atoms with van der Waals surface area (Å²) in [5.74, 6) is -1.03. The second-order valence-corrected chi connectivity index (χ2v) is 13.2. The van der Waals surface area contributed by atoms with Crippen LogP contribution in [0.4, 0.5) is 0 Å². The molecule has 8 heteroatoms. The molecule has 0 radical (unpaired) electrons. The van der Waals surface area contributed by atoms with E-state index in [1.807, 2.05) is 60.7 Å². The molecular weight excluding hydrogens is 416 g/mol. The number of carbonyl (C=O) groups excluding carboxylic acids is 1. The van der Waals surface area contributed by atoms with Gasteiger partial charge >= 0.3 is 5.97 Å². The lowest BCUT2D eigenvalue weighted by Gasteiger charge is -2.43. The van der Waals surface area contributed by atoms with Crippen molar-refractivity contribution in [3.8, 4) is 0 Å². The zero-order chi connectivity index (χ0) is 22.8. The van der Waals surface area contributed by atoms with Crippen molar-refractivity contribution in [1.82, 2.24) is 0 Å². The Hall–Kier alpha value is -2.07. The van der Waals surface area contributed by atoms with Crippen LogP contribution in [-0.4, -0.2) is 71.8 Å². The van der Waals surface area contributed by atoms with E-state index in [-0.39, 0.29) is 11.6 Å². The maximum Gasteiger partial charge on any atom is 0.338 e. The lowest BCUT2D eigenvalue weighted by Crippen LogP contribution is -2.67. The third kappa shape index (κ3) is 4.45. The molecule has 1 aliphatic heterocycles. The van der Waals surface area contributed by atoms with E-state index < -0.39 is 44.8 Å². The molecule has 0 saturated carbocycles. The van der Waals surface area contributed by atoms with Gasteiger partial charge in [0.05, 0.1) is 6.61 Å². The van der Waals surface area contributed by atoms with Crippen molar-refractivity contribution in [2.75, 3.05) is 6.61 Å². The van der Waals surface area contributed by atoms with Gasteiger partial charge in [-0.05, 0) is 15.4 Å². The molecule has 1 heterocycles. The van der Waals surface area contributed by atoms with Gasteiger partial charge in [0.15, 0.2) is 12.2 Å². The summed E-state index contributed by atoms with van der Waals surface area (Å²) in [5, 5.41) is 42.4. The number of carbonyl (C=O) groups is 1. The first-order valence-corrected chi connectivity index (χ1v) is 12.2. The van der Waals surface area contributed by atoms with Crippen LogP contribution in [0.1, 0.15) is 20.8 Å². The maximum atomic E-state index is 11.5. The van der Waals surface area contributed by atoms with Crippen LogP contribution >= 0.6 is 0 Å². The van der Waals surface area contributed by atoms with Gasteiger partial charge in [0, 0.05) is 0 Å². The predicted octanol–water partition coefficient (Wildman–Crippen LogP) is -0.0680. The van der Waals surface area contributed by atoms with Gasteiger partial charge in [-0.15, -0.1) is 0 Å². The molecule has 0 spiro atoms. The molecule has 31 heavy (non-hydrogen) atoms. The normalized spacial score (nSPS) is 24.0. The third-order valence-corrected chi connectivity index (χ3v) is 10.8. The Morgan fingerprint density at radius 2 is 1.45 bits per heavy atom. The van der Waals surface area contributed by atoms with Gasteiger partial charge in [0.2, 0.25) is 0 Å². The summed E-state index contributed by atoms with van der Waals surface area (Å²) in [4.78, 5) is 11.5. The van der Waals surface area contributed by atoms with Crippen molar-refractivity contribution < 1.29 is 34.4 Å². The van der Waals surface area contributed by atoms with Crippen LogP contribution in [0.2, 0.25) is 5.04 Å². The number of aliphatic hydroxyl groups is 4. The Labute approximate surface area is 183 Å². The molecule has 0 bridgehead atoms. The van der Waals surface area contributed by atoms with Crippen molar-refractivity contribution in [2.45, 2.75) is 56.3 Å². The first-order valence-electron chi connectivity index (χ1n) is 10.3. The van der Waals surface area contributed by atoms with Gasteiger partial charge in [-0.1, -0.05) is 81.4 Å². The minimum atomic E-state index is -2.93. The Bertz CT molecular complexity index is 829. The smallest absolute Gasteiger partial charge is 0.338 e. The highest BCUT2D eigenvalue weighted by Crippen LogP contribution is 2.37. The Morgan fingerprint density at radius 3 is 1.84 bits per heavy atom. The molecule has 3 rings (SSSR count). The molecule has 5 atom stereocenters. The summed E-state index contributed by atoms with van der Waals surface area (Å²) in [6.07, 6.45) is -7.86. The van der Waals surface area contributed by atoms with E-state index in [2.05, 4.69) is 20.8 Å². The highest BCUT2D eigenvalue weighted by Gasteiger charge is 2.52. The number of cyclic esters (lactones) is 1. The first kappa shape index (κ1) is 23.6. The molecule has 0 aliphatic carbocycles. The molecule has 1 saturated heterocycles. The van der Waals surface area contributed by atoms with Crippen LogP contribution in [0, 0.1) is 0 Å². The molecule has 168 valence electrons. The second-order valence-electron chi connectivity index (χ2n) is 8.87. The Balaban J connectivity index is 1.92. The lowest BCUT2D eigenvalue weighted by molar-refractivity contribution is -0.154. The molecule has 4 N–H and O–H groups in total. The summed E-state index contributed by atoms with van der Waals surface area (Å²) < 4.78 is 11.4. The van der Waals surface area contributed by atoms with E-state index in [9.17, 15) is 25.2 Å². The van der Waals surface area contributed by atoms with Crippen molar-refractivity contribution in [2.24, 2.45) is 0 Å². The maximum absolute atomic E-state index is 11.5. The number of hydrogen-bond acceptors (Lipinski definition) is 7. The first-order chi connectivity index (χ1) is 14.6. The zero-order valence-corrected chi connectivity index (χ0v) is 18.9. The second kappa shape index (κ2) is 9.19. The minimum absolute atomic E-state index is 0.245. The molecule has 0 amide bonds. The van der Waals surface area contributed by atoms with E-state index in [0.717, 1.165) is 10.4 Å². The van der Waals surface area contributed by atoms with Crippen LogP contribution in [0.25, 0.3) is 0 Å². The van der Waals surface area contributed by atoms with Crippen LogP contribution in [0.15, 0.2) is 60.7 Å². The van der Waals surface area contributed by atoms with Crippen molar-refractivity contribution in [1.29, 1.82) is 0 Å². The van der Waals surface area contributed by atoms with Crippen LogP contribution < -0.4 is 10.4 Å². The van der Waals surface area contributed by atoms with E-state index in [4.69, 9.17) is 9.16 Å². The minimum Gasteiger partial charge on any atom is -0.455 e. The number of aliphatic hydroxyl groups excluding tert-OH is 4. The van der Waals surface area contributed by atoms with E-state index in [1.54, 1.807) is 0 Å². The third-order valence-electron chi connectivity index (χ3n) is 5.77. The number of hydrogen-bond donors (Lipinski definition) is 4. The summed E-state index contributed by atoms with van der Waals surface area (Å²) in [6, 6.07) is 19.6. The lowest BCUT2D eigenvalue weighted by atomic mass is 10.0. The molecular formula is C23H30O7Si. The Morgan fingerprint density at radius 1 is 0.968 bits per heavy atom. The number of esters is 1. The number of ether oxygens (including phenoxy) is 1. The molecule has 7 nitrogen and oxygen atoms in total. The molecule has 1 fully saturated rings. The predicted molar refractivity (Wildman–Crippen MR) is 117 cm³/mol. The number of rotatable bonds is 7.